The van der Waals surface area contributed by atoms with Gasteiger partial charge in [-0.15, -0.1) is 0 Å². The summed E-state index contributed by atoms with van der Waals surface area (Å²) in [5.74, 6) is -0.734. The second-order valence-electron chi connectivity index (χ2n) is 7.47. The maximum Gasteiger partial charge on any atom is 0.252 e. The summed E-state index contributed by atoms with van der Waals surface area (Å²) in [7, 11) is -3.53. The van der Waals surface area contributed by atoms with Crippen LogP contribution >= 0.6 is 11.6 Å². The maximum absolute atomic E-state index is 13.1. The van der Waals surface area contributed by atoms with Crippen molar-refractivity contribution in [1.29, 1.82) is 0 Å². The molecule has 0 aliphatic heterocycles. The number of rotatable bonds is 7. The van der Waals surface area contributed by atoms with Crippen LogP contribution in [0.2, 0.25) is 5.02 Å². The number of H-pyrrole nitrogens is 1. The summed E-state index contributed by atoms with van der Waals surface area (Å²) in [6.45, 7) is 1.82. The number of carbonyl (C=O) groups is 1. The van der Waals surface area contributed by atoms with Crippen LogP contribution in [0.4, 0.5) is 0 Å². The van der Waals surface area contributed by atoms with Crippen LogP contribution in [0, 0.1) is 0 Å². The molecule has 0 fully saturated rings. The summed E-state index contributed by atoms with van der Waals surface area (Å²) in [6, 6.07) is 21.8. The van der Waals surface area contributed by atoms with E-state index in [1.807, 2.05) is 54.7 Å². The summed E-state index contributed by atoms with van der Waals surface area (Å²) in [4.78, 5) is 16.4. The first-order valence-electron chi connectivity index (χ1n) is 10.3. The standard InChI is InChI=1S/C25H23ClN2O3S/c1-2-32(30,31)24-14-8-5-11-19(24)25(29)28-16-20(17-9-3-6-12-22(17)26)21-15-27-23-13-7-4-10-18(21)23/h3-15,20,27H,2,16H2,1H3,(H,28,29). The van der Waals surface area contributed by atoms with Crippen molar-refractivity contribution in [3.63, 3.8) is 0 Å². The lowest BCUT2D eigenvalue weighted by Crippen LogP contribution is -2.30. The van der Waals surface area contributed by atoms with Crippen molar-refractivity contribution in [2.75, 3.05) is 12.3 Å². The van der Waals surface area contributed by atoms with E-state index < -0.39 is 15.7 Å². The number of nitrogens with one attached hydrogen (secondary N) is 2. The lowest BCUT2D eigenvalue weighted by Gasteiger charge is -2.20. The zero-order chi connectivity index (χ0) is 22.7. The minimum absolute atomic E-state index is 0.0430. The fraction of sp³-hybridized carbons (Fsp3) is 0.160. The van der Waals surface area contributed by atoms with Crippen molar-refractivity contribution in [3.05, 3.63) is 101 Å². The molecule has 7 heteroatoms. The molecule has 4 rings (SSSR count). The molecule has 1 amide bonds. The van der Waals surface area contributed by atoms with Crippen LogP contribution < -0.4 is 5.32 Å². The molecule has 0 bridgehead atoms. The summed E-state index contributed by atoms with van der Waals surface area (Å²) >= 11 is 6.52. The normalized spacial score (nSPS) is 12.6. The Balaban J connectivity index is 1.70. The molecule has 3 aromatic carbocycles. The number of aromatic amines is 1. The van der Waals surface area contributed by atoms with Gasteiger partial charge in [0.2, 0.25) is 0 Å². The molecule has 32 heavy (non-hydrogen) atoms. The number of carbonyl (C=O) groups excluding carboxylic acids is 1. The Hall–Kier alpha value is -3.09. The SMILES string of the molecule is CCS(=O)(=O)c1ccccc1C(=O)NCC(c1ccccc1Cl)c1c[nH]c2ccccc12. The monoisotopic (exact) mass is 466 g/mol. The Morgan fingerprint density at radius 3 is 2.44 bits per heavy atom. The average molecular weight is 467 g/mol. The number of sulfone groups is 1. The van der Waals surface area contributed by atoms with Gasteiger partial charge >= 0.3 is 0 Å². The summed E-state index contributed by atoms with van der Waals surface area (Å²) in [6.07, 6.45) is 1.93. The predicted octanol–water partition coefficient (Wildman–Crippen LogP) is 5.18. The Morgan fingerprint density at radius 2 is 1.66 bits per heavy atom. The summed E-state index contributed by atoms with van der Waals surface area (Å²) in [5.41, 5.74) is 3.02. The molecular formula is C25H23ClN2O3S. The van der Waals surface area contributed by atoms with E-state index in [2.05, 4.69) is 10.3 Å². The molecule has 5 nitrogen and oxygen atoms in total. The average Bonchev–Trinajstić information content (AvgIpc) is 3.24. The first-order valence-corrected chi connectivity index (χ1v) is 12.4. The van der Waals surface area contributed by atoms with Crippen LogP contribution in [0.1, 0.15) is 34.3 Å². The largest absolute Gasteiger partial charge is 0.361 e. The molecule has 1 unspecified atom stereocenters. The van der Waals surface area contributed by atoms with Gasteiger partial charge < -0.3 is 10.3 Å². The molecule has 0 aliphatic rings. The minimum atomic E-state index is -3.53. The first-order chi connectivity index (χ1) is 15.4. The van der Waals surface area contributed by atoms with Crippen LogP contribution in [0.15, 0.2) is 83.9 Å². The molecule has 0 radical (unpaired) electrons. The van der Waals surface area contributed by atoms with Crippen molar-refractivity contribution >= 4 is 38.2 Å². The van der Waals surface area contributed by atoms with Gasteiger partial charge in [-0.1, -0.05) is 67.1 Å². The highest BCUT2D eigenvalue weighted by molar-refractivity contribution is 7.91. The highest BCUT2D eigenvalue weighted by Gasteiger charge is 2.24. The summed E-state index contributed by atoms with van der Waals surface area (Å²) in [5, 5.41) is 4.58. The van der Waals surface area contributed by atoms with Gasteiger partial charge in [0.25, 0.3) is 5.91 Å². The van der Waals surface area contributed by atoms with Gasteiger partial charge in [-0.3, -0.25) is 4.79 Å². The predicted molar refractivity (Wildman–Crippen MR) is 128 cm³/mol. The molecule has 2 N–H and O–H groups in total. The smallest absolute Gasteiger partial charge is 0.252 e. The second kappa shape index (κ2) is 9.18. The minimum Gasteiger partial charge on any atom is -0.361 e. The van der Waals surface area contributed by atoms with Crippen molar-refractivity contribution in [3.8, 4) is 0 Å². The van der Waals surface area contributed by atoms with Gasteiger partial charge in [-0.05, 0) is 35.4 Å². The van der Waals surface area contributed by atoms with E-state index in [-0.39, 0.29) is 28.7 Å². The van der Waals surface area contributed by atoms with E-state index in [0.717, 1.165) is 22.0 Å². The van der Waals surface area contributed by atoms with Crippen molar-refractivity contribution in [2.45, 2.75) is 17.7 Å². The summed E-state index contributed by atoms with van der Waals surface area (Å²) < 4.78 is 24.9. The van der Waals surface area contributed by atoms with Gasteiger partial charge in [-0.2, -0.15) is 0 Å². The highest BCUT2D eigenvalue weighted by atomic mass is 35.5. The molecule has 0 aliphatic carbocycles. The quantitative estimate of drug-likeness (QED) is 0.394. The molecule has 1 aromatic heterocycles. The molecule has 4 aromatic rings. The number of fused-ring (bicyclic) bond motifs is 1. The van der Waals surface area contributed by atoms with Gasteiger partial charge in [0.15, 0.2) is 9.84 Å². The highest BCUT2D eigenvalue weighted by Crippen LogP contribution is 2.34. The number of amides is 1. The number of aromatic nitrogens is 1. The van der Waals surface area contributed by atoms with E-state index >= 15 is 0 Å². The van der Waals surface area contributed by atoms with Crippen LogP contribution in [0.25, 0.3) is 10.9 Å². The van der Waals surface area contributed by atoms with E-state index in [1.54, 1.807) is 19.1 Å². The molecule has 0 spiro atoms. The van der Waals surface area contributed by atoms with Crippen LogP contribution in [-0.4, -0.2) is 31.6 Å². The lowest BCUT2D eigenvalue weighted by atomic mass is 9.90. The molecular weight excluding hydrogens is 444 g/mol. The van der Waals surface area contributed by atoms with Gasteiger partial charge in [-0.25, -0.2) is 8.42 Å². The topological polar surface area (TPSA) is 79.0 Å². The molecule has 1 atom stereocenters. The third-order valence-corrected chi connectivity index (χ3v) is 7.72. The van der Waals surface area contributed by atoms with E-state index in [4.69, 9.17) is 11.6 Å². The Kier molecular flexibility index (Phi) is 6.35. The van der Waals surface area contributed by atoms with E-state index in [9.17, 15) is 13.2 Å². The lowest BCUT2D eigenvalue weighted by molar-refractivity contribution is 0.0949. The van der Waals surface area contributed by atoms with Gasteiger partial charge in [0.05, 0.1) is 16.2 Å². The molecule has 164 valence electrons. The van der Waals surface area contributed by atoms with Crippen LogP contribution in [0.3, 0.4) is 0 Å². The van der Waals surface area contributed by atoms with Crippen LogP contribution in [0.5, 0.6) is 0 Å². The zero-order valence-electron chi connectivity index (χ0n) is 17.5. The fourth-order valence-corrected chi connectivity index (χ4v) is 5.26. The van der Waals surface area contributed by atoms with E-state index in [0.29, 0.717) is 5.02 Å². The molecule has 0 saturated carbocycles. The fourth-order valence-electron chi connectivity index (χ4n) is 3.90. The third-order valence-electron chi connectivity index (χ3n) is 5.59. The Labute approximate surface area is 192 Å². The van der Waals surface area contributed by atoms with Gasteiger partial charge in [0, 0.05) is 34.6 Å². The number of hydrogen-bond donors (Lipinski definition) is 2. The second-order valence-corrected chi connectivity index (χ2v) is 10.1. The number of para-hydroxylation sites is 1. The molecule has 0 saturated heterocycles. The third kappa shape index (κ3) is 4.29. The van der Waals surface area contributed by atoms with Crippen molar-refractivity contribution in [2.24, 2.45) is 0 Å². The number of benzene rings is 3. The number of hydrogen-bond acceptors (Lipinski definition) is 3. The first kappa shape index (κ1) is 22.1. The van der Waals surface area contributed by atoms with Crippen LogP contribution in [-0.2, 0) is 9.84 Å². The van der Waals surface area contributed by atoms with E-state index in [1.165, 1.54) is 12.1 Å². The molecule has 1 heterocycles. The zero-order valence-corrected chi connectivity index (χ0v) is 19.1. The Morgan fingerprint density at radius 1 is 0.969 bits per heavy atom. The van der Waals surface area contributed by atoms with Crippen molar-refractivity contribution < 1.29 is 13.2 Å². The van der Waals surface area contributed by atoms with Gasteiger partial charge in [0.1, 0.15) is 0 Å². The maximum atomic E-state index is 13.1. The number of halogens is 1. The Bertz CT molecular complexity index is 1380. The van der Waals surface area contributed by atoms with Crippen molar-refractivity contribution in [1.82, 2.24) is 10.3 Å².